The number of benzene rings is 1. The van der Waals surface area contributed by atoms with E-state index in [1.54, 1.807) is 20.3 Å². The van der Waals surface area contributed by atoms with Crippen LogP contribution in [0.4, 0.5) is 0 Å². The second-order valence-electron chi connectivity index (χ2n) is 5.81. The number of ether oxygens (including phenoxy) is 2. The first kappa shape index (κ1) is 15.8. The van der Waals surface area contributed by atoms with Crippen molar-refractivity contribution in [1.82, 2.24) is 0 Å². The van der Waals surface area contributed by atoms with Crippen LogP contribution in [0.5, 0.6) is 11.5 Å². The van der Waals surface area contributed by atoms with Gasteiger partial charge in [-0.3, -0.25) is 0 Å². The highest BCUT2D eigenvalue weighted by molar-refractivity contribution is 6.33. The molecule has 0 N–H and O–H groups in total. The summed E-state index contributed by atoms with van der Waals surface area (Å²) in [5.74, 6) is 1.32. The first-order chi connectivity index (χ1) is 9.51. The van der Waals surface area contributed by atoms with Crippen molar-refractivity contribution in [3.63, 3.8) is 0 Å². The van der Waals surface area contributed by atoms with Crippen molar-refractivity contribution in [3.05, 3.63) is 22.7 Å². The van der Waals surface area contributed by atoms with Gasteiger partial charge in [-0.15, -0.1) is 11.6 Å². The molecule has 1 aromatic rings. The minimum Gasteiger partial charge on any atom is -0.493 e. The molecule has 0 aliphatic heterocycles. The molecule has 4 heteroatoms. The van der Waals surface area contributed by atoms with Gasteiger partial charge in [-0.2, -0.15) is 0 Å². The molecule has 1 fully saturated rings. The van der Waals surface area contributed by atoms with Gasteiger partial charge in [-0.25, -0.2) is 0 Å². The average Bonchev–Trinajstić information content (AvgIpc) is 2.47. The lowest BCUT2D eigenvalue weighted by Gasteiger charge is -2.38. The number of methoxy groups -OCH3 is 2. The summed E-state index contributed by atoms with van der Waals surface area (Å²) in [5, 5.41) is 0.546. The minimum atomic E-state index is -0.102. The van der Waals surface area contributed by atoms with Crippen LogP contribution in [0.3, 0.4) is 0 Å². The molecular formula is C16H22Cl2O2. The van der Waals surface area contributed by atoms with Crippen molar-refractivity contribution < 1.29 is 9.47 Å². The maximum atomic E-state index is 6.78. The summed E-state index contributed by atoms with van der Waals surface area (Å²) in [4.78, 5) is 0. The average molecular weight is 317 g/mol. The van der Waals surface area contributed by atoms with Gasteiger partial charge in [0.1, 0.15) is 0 Å². The van der Waals surface area contributed by atoms with Crippen molar-refractivity contribution >= 4 is 23.2 Å². The van der Waals surface area contributed by atoms with E-state index >= 15 is 0 Å². The molecule has 1 atom stereocenters. The van der Waals surface area contributed by atoms with Gasteiger partial charge in [0.2, 0.25) is 0 Å². The van der Waals surface area contributed by atoms with Gasteiger partial charge in [-0.05, 0) is 29.9 Å². The second-order valence-corrected chi connectivity index (χ2v) is 6.65. The molecule has 1 aliphatic carbocycles. The third-order valence-corrected chi connectivity index (χ3v) is 5.47. The topological polar surface area (TPSA) is 18.5 Å². The highest BCUT2D eigenvalue weighted by atomic mass is 35.5. The van der Waals surface area contributed by atoms with Gasteiger partial charge in [0.25, 0.3) is 0 Å². The van der Waals surface area contributed by atoms with E-state index in [1.165, 1.54) is 19.3 Å². The van der Waals surface area contributed by atoms with Gasteiger partial charge in [0, 0.05) is 11.1 Å². The summed E-state index contributed by atoms with van der Waals surface area (Å²) in [6.07, 6.45) is 6.08. The van der Waals surface area contributed by atoms with Crippen LogP contribution in [0.15, 0.2) is 12.1 Å². The Bertz CT molecular complexity index is 468. The van der Waals surface area contributed by atoms with Gasteiger partial charge >= 0.3 is 0 Å². The molecule has 20 heavy (non-hydrogen) atoms. The Balaban J connectivity index is 2.36. The first-order valence-electron chi connectivity index (χ1n) is 7.07. The van der Waals surface area contributed by atoms with Gasteiger partial charge in [0.15, 0.2) is 11.5 Å². The molecule has 0 radical (unpaired) electrons. The lowest BCUT2D eigenvalue weighted by molar-refractivity contribution is 0.206. The van der Waals surface area contributed by atoms with E-state index in [1.807, 2.05) is 6.07 Å². The van der Waals surface area contributed by atoms with Gasteiger partial charge in [0.05, 0.1) is 19.6 Å². The molecule has 0 saturated heterocycles. The summed E-state index contributed by atoms with van der Waals surface area (Å²) in [5.41, 5.74) is 1.04. The molecule has 2 rings (SSSR count). The molecule has 2 nitrogen and oxygen atoms in total. The number of alkyl halides is 1. The van der Waals surface area contributed by atoms with E-state index in [0.29, 0.717) is 16.5 Å². The summed E-state index contributed by atoms with van der Waals surface area (Å²) in [6.45, 7) is 2.26. The lowest BCUT2D eigenvalue weighted by atomic mass is 9.71. The first-order valence-corrected chi connectivity index (χ1v) is 7.89. The van der Waals surface area contributed by atoms with E-state index in [4.69, 9.17) is 32.7 Å². The van der Waals surface area contributed by atoms with Crippen molar-refractivity contribution in [2.24, 2.45) is 5.41 Å². The van der Waals surface area contributed by atoms with Crippen LogP contribution in [-0.4, -0.2) is 14.2 Å². The Morgan fingerprint density at radius 1 is 1.05 bits per heavy atom. The highest BCUT2D eigenvalue weighted by Crippen LogP contribution is 2.51. The zero-order chi connectivity index (χ0) is 14.8. The molecule has 0 aromatic heterocycles. The van der Waals surface area contributed by atoms with Crippen molar-refractivity contribution in [1.29, 1.82) is 0 Å². The van der Waals surface area contributed by atoms with Crippen LogP contribution in [0.1, 0.15) is 50.0 Å². The van der Waals surface area contributed by atoms with Crippen LogP contribution in [0.2, 0.25) is 5.02 Å². The van der Waals surface area contributed by atoms with E-state index in [0.717, 1.165) is 18.4 Å². The minimum absolute atomic E-state index is 0.100. The van der Waals surface area contributed by atoms with Crippen LogP contribution in [0, 0.1) is 5.41 Å². The molecule has 1 saturated carbocycles. The Labute approximate surface area is 131 Å². The Kier molecular flexibility index (Phi) is 5.09. The molecule has 1 aromatic carbocycles. The van der Waals surface area contributed by atoms with Crippen molar-refractivity contribution in [2.75, 3.05) is 14.2 Å². The Morgan fingerprint density at radius 3 is 2.15 bits per heavy atom. The molecule has 112 valence electrons. The standard InChI is InChI=1S/C16H22Cl2O2/c1-16(7-5-4-6-8-16)15(18)11-9-13(19-2)14(20-3)10-12(11)17/h9-10,15H,4-8H2,1-3H3. The quantitative estimate of drug-likeness (QED) is 0.672. The molecule has 0 amide bonds. The monoisotopic (exact) mass is 316 g/mol. The molecule has 0 bridgehead atoms. The fourth-order valence-electron chi connectivity index (χ4n) is 3.05. The van der Waals surface area contributed by atoms with E-state index in [2.05, 4.69) is 6.92 Å². The number of hydrogen-bond acceptors (Lipinski definition) is 2. The predicted molar refractivity (Wildman–Crippen MR) is 84.3 cm³/mol. The fourth-order valence-corrected chi connectivity index (χ4v) is 3.77. The summed E-state index contributed by atoms with van der Waals surface area (Å²) >= 11 is 13.2. The zero-order valence-corrected chi connectivity index (χ0v) is 13.9. The van der Waals surface area contributed by atoms with Crippen molar-refractivity contribution in [3.8, 4) is 11.5 Å². The van der Waals surface area contributed by atoms with Crippen LogP contribution in [-0.2, 0) is 0 Å². The highest BCUT2D eigenvalue weighted by Gasteiger charge is 2.36. The smallest absolute Gasteiger partial charge is 0.162 e. The summed E-state index contributed by atoms with van der Waals surface area (Å²) in [7, 11) is 3.23. The molecule has 1 aliphatic rings. The normalized spacial score (nSPS) is 19.4. The number of hydrogen-bond donors (Lipinski definition) is 0. The molecular weight excluding hydrogens is 295 g/mol. The second kappa shape index (κ2) is 6.44. The Hall–Kier alpha value is -0.600. The third kappa shape index (κ3) is 3.01. The van der Waals surface area contributed by atoms with Gasteiger partial charge < -0.3 is 9.47 Å². The fraction of sp³-hybridized carbons (Fsp3) is 0.625. The number of halogens is 2. The maximum absolute atomic E-state index is 6.78. The van der Waals surface area contributed by atoms with Crippen LogP contribution in [0.25, 0.3) is 0 Å². The maximum Gasteiger partial charge on any atom is 0.162 e. The Morgan fingerprint density at radius 2 is 1.60 bits per heavy atom. The van der Waals surface area contributed by atoms with Crippen LogP contribution < -0.4 is 9.47 Å². The van der Waals surface area contributed by atoms with E-state index < -0.39 is 0 Å². The molecule has 0 heterocycles. The van der Waals surface area contributed by atoms with Crippen molar-refractivity contribution in [2.45, 2.75) is 44.4 Å². The summed E-state index contributed by atoms with van der Waals surface area (Å²) in [6, 6.07) is 3.70. The largest absolute Gasteiger partial charge is 0.493 e. The zero-order valence-electron chi connectivity index (χ0n) is 12.3. The number of rotatable bonds is 4. The summed E-state index contributed by atoms with van der Waals surface area (Å²) < 4.78 is 10.6. The predicted octanol–water partition coefficient (Wildman–Crippen LogP) is 5.61. The SMILES string of the molecule is COc1cc(Cl)c(C(Cl)C2(C)CCCCC2)cc1OC. The molecule has 1 unspecified atom stereocenters. The third-order valence-electron chi connectivity index (χ3n) is 4.38. The lowest BCUT2D eigenvalue weighted by Crippen LogP contribution is -2.25. The van der Waals surface area contributed by atoms with E-state index in [-0.39, 0.29) is 10.8 Å². The molecule has 0 spiro atoms. The van der Waals surface area contributed by atoms with Crippen LogP contribution >= 0.6 is 23.2 Å². The van der Waals surface area contributed by atoms with E-state index in [9.17, 15) is 0 Å². The van der Waals surface area contributed by atoms with Gasteiger partial charge in [-0.1, -0.05) is 37.8 Å².